The molecule has 0 heterocycles. The zero-order chi connectivity index (χ0) is 12.3. The van der Waals surface area contributed by atoms with Gasteiger partial charge in [-0.05, 0) is 25.0 Å². The van der Waals surface area contributed by atoms with E-state index in [9.17, 15) is 0 Å². The van der Waals surface area contributed by atoms with E-state index in [0.717, 1.165) is 0 Å². The SMILES string of the molecule is Cc1ccccc1C(C)N=C(N)C(C)(C)C. The van der Waals surface area contributed by atoms with Crippen LogP contribution in [0.2, 0.25) is 0 Å². The molecule has 0 saturated heterocycles. The smallest absolute Gasteiger partial charge is 0.0998 e. The van der Waals surface area contributed by atoms with Crippen LogP contribution in [0.15, 0.2) is 29.3 Å². The molecule has 0 bridgehead atoms. The van der Waals surface area contributed by atoms with Crippen LogP contribution in [0.4, 0.5) is 0 Å². The van der Waals surface area contributed by atoms with Crippen molar-refractivity contribution in [2.24, 2.45) is 16.1 Å². The van der Waals surface area contributed by atoms with E-state index >= 15 is 0 Å². The van der Waals surface area contributed by atoms with Crippen LogP contribution in [-0.2, 0) is 0 Å². The largest absolute Gasteiger partial charge is 0.387 e. The lowest BCUT2D eigenvalue weighted by atomic mass is 9.94. The van der Waals surface area contributed by atoms with E-state index in [1.54, 1.807) is 0 Å². The van der Waals surface area contributed by atoms with Crippen LogP contribution in [0.1, 0.15) is 44.9 Å². The summed E-state index contributed by atoms with van der Waals surface area (Å²) in [5.74, 6) is 0.711. The molecule has 2 nitrogen and oxygen atoms in total. The van der Waals surface area contributed by atoms with Gasteiger partial charge in [0, 0.05) is 5.41 Å². The zero-order valence-corrected chi connectivity index (χ0v) is 10.9. The van der Waals surface area contributed by atoms with Crippen molar-refractivity contribution in [3.05, 3.63) is 35.4 Å². The second-order valence-electron chi connectivity index (χ2n) is 5.30. The van der Waals surface area contributed by atoms with Crippen LogP contribution in [0, 0.1) is 12.3 Å². The second kappa shape index (κ2) is 4.69. The van der Waals surface area contributed by atoms with Gasteiger partial charge in [0.1, 0.15) is 0 Å². The molecule has 1 aromatic rings. The average Bonchev–Trinajstić information content (AvgIpc) is 2.16. The van der Waals surface area contributed by atoms with Crippen LogP contribution in [0.5, 0.6) is 0 Å². The van der Waals surface area contributed by atoms with Gasteiger partial charge in [0.05, 0.1) is 11.9 Å². The Morgan fingerprint density at radius 1 is 1.25 bits per heavy atom. The first-order chi connectivity index (χ1) is 7.32. The minimum absolute atomic E-state index is 0.0586. The fourth-order valence-corrected chi connectivity index (χ4v) is 1.53. The zero-order valence-electron chi connectivity index (χ0n) is 10.9. The maximum absolute atomic E-state index is 5.99. The Morgan fingerprint density at radius 2 is 1.81 bits per heavy atom. The number of aliphatic imine (C=N–C) groups is 1. The molecule has 1 atom stereocenters. The number of hydrogen-bond donors (Lipinski definition) is 1. The Labute approximate surface area is 98.6 Å². The molecule has 0 aliphatic rings. The van der Waals surface area contributed by atoms with E-state index in [0.29, 0.717) is 5.84 Å². The Balaban J connectivity index is 2.97. The Hall–Kier alpha value is -1.31. The molecule has 1 unspecified atom stereocenters. The Morgan fingerprint density at radius 3 is 2.31 bits per heavy atom. The standard InChI is InChI=1S/C14H22N2/c1-10-8-6-7-9-12(10)11(2)16-13(15)14(3,4)5/h6-9,11H,1-5H3,(H2,15,16). The van der Waals surface area contributed by atoms with Gasteiger partial charge in [-0.2, -0.15) is 0 Å². The summed E-state index contributed by atoms with van der Waals surface area (Å²) in [6.07, 6.45) is 0. The van der Waals surface area contributed by atoms with E-state index in [4.69, 9.17) is 5.73 Å². The first-order valence-electron chi connectivity index (χ1n) is 5.71. The summed E-state index contributed by atoms with van der Waals surface area (Å²) in [6, 6.07) is 8.43. The third-order valence-electron chi connectivity index (χ3n) is 2.74. The fraction of sp³-hybridized carbons (Fsp3) is 0.500. The number of benzene rings is 1. The van der Waals surface area contributed by atoms with Gasteiger partial charge >= 0.3 is 0 Å². The Kier molecular flexibility index (Phi) is 3.74. The third kappa shape index (κ3) is 3.09. The van der Waals surface area contributed by atoms with Crippen LogP contribution >= 0.6 is 0 Å². The van der Waals surface area contributed by atoms with Crippen molar-refractivity contribution < 1.29 is 0 Å². The number of rotatable bonds is 2. The molecule has 16 heavy (non-hydrogen) atoms. The van der Waals surface area contributed by atoms with Crippen LogP contribution in [0.3, 0.4) is 0 Å². The topological polar surface area (TPSA) is 38.4 Å². The molecule has 88 valence electrons. The van der Waals surface area contributed by atoms with Gasteiger partial charge in [0.25, 0.3) is 0 Å². The van der Waals surface area contributed by atoms with Crippen molar-refractivity contribution >= 4 is 5.84 Å². The molecule has 1 aromatic carbocycles. The monoisotopic (exact) mass is 218 g/mol. The predicted octanol–water partition coefficient (Wildman–Crippen LogP) is 3.46. The molecule has 2 N–H and O–H groups in total. The van der Waals surface area contributed by atoms with Gasteiger partial charge in [-0.25, -0.2) is 0 Å². The summed E-state index contributed by atoms with van der Waals surface area (Å²) in [7, 11) is 0. The number of hydrogen-bond acceptors (Lipinski definition) is 1. The summed E-state index contributed by atoms with van der Waals surface area (Å²) < 4.78 is 0. The van der Waals surface area contributed by atoms with Gasteiger partial charge < -0.3 is 5.73 Å². The number of amidine groups is 1. The summed E-state index contributed by atoms with van der Waals surface area (Å²) in [4.78, 5) is 4.57. The summed E-state index contributed by atoms with van der Waals surface area (Å²) in [5, 5.41) is 0. The molecule has 0 amide bonds. The normalized spacial score (nSPS) is 14.9. The van der Waals surface area contributed by atoms with E-state index < -0.39 is 0 Å². The summed E-state index contributed by atoms with van der Waals surface area (Å²) >= 11 is 0. The van der Waals surface area contributed by atoms with Crippen molar-refractivity contribution in [1.82, 2.24) is 0 Å². The highest BCUT2D eigenvalue weighted by molar-refractivity contribution is 5.85. The molecule has 0 fully saturated rings. The molecule has 0 saturated carbocycles. The van der Waals surface area contributed by atoms with Crippen LogP contribution in [-0.4, -0.2) is 5.84 Å². The van der Waals surface area contributed by atoms with Gasteiger partial charge in [-0.3, -0.25) is 4.99 Å². The summed E-state index contributed by atoms with van der Waals surface area (Å²) in [6.45, 7) is 10.4. The van der Waals surface area contributed by atoms with Crippen molar-refractivity contribution in [3.63, 3.8) is 0 Å². The predicted molar refractivity (Wildman–Crippen MR) is 70.7 cm³/mol. The number of nitrogens with zero attached hydrogens (tertiary/aromatic N) is 1. The lowest BCUT2D eigenvalue weighted by molar-refractivity contribution is 0.575. The van der Waals surface area contributed by atoms with E-state index in [1.807, 2.05) is 12.1 Å². The van der Waals surface area contributed by atoms with Gasteiger partial charge in [-0.15, -0.1) is 0 Å². The average molecular weight is 218 g/mol. The van der Waals surface area contributed by atoms with Gasteiger partial charge in [0.2, 0.25) is 0 Å². The van der Waals surface area contributed by atoms with Gasteiger partial charge in [-0.1, -0.05) is 45.0 Å². The molecule has 0 aliphatic heterocycles. The van der Waals surface area contributed by atoms with Crippen molar-refractivity contribution in [2.45, 2.75) is 40.7 Å². The minimum Gasteiger partial charge on any atom is -0.387 e. The second-order valence-corrected chi connectivity index (χ2v) is 5.30. The number of aryl methyl sites for hydroxylation is 1. The molecular formula is C14H22N2. The Bertz CT molecular complexity index is 386. The first kappa shape index (κ1) is 12.8. The number of nitrogens with two attached hydrogens (primary N) is 1. The molecule has 0 aromatic heterocycles. The maximum Gasteiger partial charge on any atom is 0.0998 e. The van der Waals surface area contributed by atoms with E-state index in [2.05, 4.69) is 51.7 Å². The molecular weight excluding hydrogens is 196 g/mol. The molecule has 0 radical (unpaired) electrons. The quantitative estimate of drug-likeness (QED) is 0.599. The highest BCUT2D eigenvalue weighted by Crippen LogP contribution is 2.23. The molecule has 1 rings (SSSR count). The highest BCUT2D eigenvalue weighted by atomic mass is 14.9. The first-order valence-corrected chi connectivity index (χ1v) is 5.71. The van der Waals surface area contributed by atoms with Gasteiger partial charge in [0.15, 0.2) is 0 Å². The molecule has 0 aliphatic carbocycles. The van der Waals surface area contributed by atoms with E-state index in [-0.39, 0.29) is 11.5 Å². The lowest BCUT2D eigenvalue weighted by Crippen LogP contribution is -2.29. The molecule has 2 heteroatoms. The van der Waals surface area contributed by atoms with Crippen LogP contribution < -0.4 is 5.73 Å². The third-order valence-corrected chi connectivity index (χ3v) is 2.74. The lowest BCUT2D eigenvalue weighted by Gasteiger charge is -2.20. The highest BCUT2D eigenvalue weighted by Gasteiger charge is 2.17. The van der Waals surface area contributed by atoms with Crippen LogP contribution in [0.25, 0.3) is 0 Å². The van der Waals surface area contributed by atoms with E-state index in [1.165, 1.54) is 11.1 Å². The van der Waals surface area contributed by atoms with Crippen molar-refractivity contribution in [1.29, 1.82) is 0 Å². The van der Waals surface area contributed by atoms with Crippen molar-refractivity contribution in [3.8, 4) is 0 Å². The fourth-order valence-electron chi connectivity index (χ4n) is 1.53. The maximum atomic E-state index is 5.99. The minimum atomic E-state index is -0.0586. The summed E-state index contributed by atoms with van der Waals surface area (Å²) in [5.41, 5.74) is 8.44. The van der Waals surface area contributed by atoms with Crippen molar-refractivity contribution in [2.75, 3.05) is 0 Å². The molecule has 0 spiro atoms.